The Balaban J connectivity index is 1.75. The number of sulfonamides is 1. The van der Waals surface area contributed by atoms with Gasteiger partial charge < -0.3 is 0 Å². The van der Waals surface area contributed by atoms with E-state index in [-0.39, 0.29) is 5.75 Å². The largest absolute Gasteiger partial charge is 0.256 e. The van der Waals surface area contributed by atoms with E-state index in [0.717, 1.165) is 33.5 Å². The minimum absolute atomic E-state index is 0.000618. The number of fused-ring (bicyclic) bond motifs is 1. The molecule has 2 heterocycles. The first-order chi connectivity index (χ1) is 11.6. The average molecular weight is 336 g/mol. The van der Waals surface area contributed by atoms with Crippen molar-refractivity contribution in [2.75, 3.05) is 0 Å². The van der Waals surface area contributed by atoms with Gasteiger partial charge in [-0.05, 0) is 22.8 Å². The molecule has 1 aliphatic rings. The van der Waals surface area contributed by atoms with Gasteiger partial charge in [0.2, 0.25) is 10.0 Å². The molecule has 0 bridgehead atoms. The molecular weight excluding hydrogens is 320 g/mol. The van der Waals surface area contributed by atoms with Crippen LogP contribution in [0.2, 0.25) is 0 Å². The summed E-state index contributed by atoms with van der Waals surface area (Å²) in [4.78, 5) is 4.57. The lowest BCUT2D eigenvalue weighted by atomic mass is 9.98. The van der Waals surface area contributed by atoms with Crippen LogP contribution in [0.15, 0.2) is 66.9 Å². The zero-order valence-electron chi connectivity index (χ0n) is 12.9. The summed E-state index contributed by atoms with van der Waals surface area (Å²) in [6.45, 7) is 0.341. The predicted octanol–water partition coefficient (Wildman–Crippen LogP) is 3.35. The van der Waals surface area contributed by atoms with Crippen LogP contribution in [0.5, 0.6) is 0 Å². The number of rotatable bonds is 2. The number of nitrogens with one attached hydrogen (secondary N) is 1. The Morgan fingerprint density at radius 2 is 1.71 bits per heavy atom. The summed E-state index contributed by atoms with van der Waals surface area (Å²) in [6.07, 6.45) is 1.83. The van der Waals surface area contributed by atoms with Crippen LogP contribution >= 0.6 is 0 Å². The van der Waals surface area contributed by atoms with Crippen LogP contribution in [0.4, 0.5) is 0 Å². The fourth-order valence-electron chi connectivity index (χ4n) is 2.99. The third-order valence-corrected chi connectivity index (χ3v) is 5.49. The van der Waals surface area contributed by atoms with Gasteiger partial charge in [0.1, 0.15) is 0 Å². The molecule has 0 amide bonds. The van der Waals surface area contributed by atoms with Crippen molar-refractivity contribution in [1.82, 2.24) is 9.71 Å². The molecule has 0 saturated carbocycles. The van der Waals surface area contributed by atoms with E-state index < -0.39 is 10.0 Å². The van der Waals surface area contributed by atoms with Crippen molar-refractivity contribution in [2.45, 2.75) is 12.3 Å². The third kappa shape index (κ3) is 2.84. The van der Waals surface area contributed by atoms with Crippen LogP contribution < -0.4 is 4.72 Å². The molecule has 1 N–H and O–H groups in total. The maximum Gasteiger partial charge on any atom is 0.216 e. The van der Waals surface area contributed by atoms with Crippen molar-refractivity contribution in [2.24, 2.45) is 0 Å². The quantitative estimate of drug-likeness (QED) is 0.781. The molecule has 0 fully saturated rings. The summed E-state index contributed by atoms with van der Waals surface area (Å²) in [5.41, 5.74) is 5.69. The molecule has 0 unspecified atom stereocenters. The molecular formula is C19H16N2O2S. The van der Waals surface area contributed by atoms with Gasteiger partial charge in [0, 0.05) is 23.9 Å². The van der Waals surface area contributed by atoms with Crippen molar-refractivity contribution in [3.63, 3.8) is 0 Å². The van der Waals surface area contributed by atoms with E-state index in [1.807, 2.05) is 66.9 Å². The molecule has 1 aliphatic heterocycles. The first kappa shape index (κ1) is 15.1. The van der Waals surface area contributed by atoms with Gasteiger partial charge in [0.05, 0.1) is 11.4 Å². The first-order valence-corrected chi connectivity index (χ1v) is 9.37. The van der Waals surface area contributed by atoms with Gasteiger partial charge in [-0.1, -0.05) is 54.6 Å². The van der Waals surface area contributed by atoms with Crippen LogP contribution in [0, 0.1) is 0 Å². The van der Waals surface area contributed by atoms with Gasteiger partial charge in [-0.15, -0.1) is 0 Å². The van der Waals surface area contributed by atoms with Crippen LogP contribution in [0.3, 0.4) is 0 Å². The molecule has 4 rings (SSSR count). The van der Waals surface area contributed by atoms with E-state index in [2.05, 4.69) is 9.71 Å². The highest BCUT2D eigenvalue weighted by Gasteiger charge is 2.23. The third-order valence-electron chi connectivity index (χ3n) is 4.24. The van der Waals surface area contributed by atoms with Crippen LogP contribution in [-0.2, 0) is 22.3 Å². The van der Waals surface area contributed by atoms with E-state index in [9.17, 15) is 8.42 Å². The number of benzene rings is 2. The molecule has 4 nitrogen and oxygen atoms in total. The summed E-state index contributed by atoms with van der Waals surface area (Å²) in [6, 6.07) is 19.9. The van der Waals surface area contributed by atoms with Gasteiger partial charge in [0.15, 0.2) is 0 Å². The predicted molar refractivity (Wildman–Crippen MR) is 94.6 cm³/mol. The maximum atomic E-state index is 11.9. The smallest absolute Gasteiger partial charge is 0.216 e. The van der Waals surface area contributed by atoms with Crippen molar-refractivity contribution in [3.8, 4) is 22.4 Å². The highest BCUT2D eigenvalue weighted by atomic mass is 32.2. The summed E-state index contributed by atoms with van der Waals surface area (Å²) in [5, 5.41) is 0. The maximum absolute atomic E-state index is 11.9. The molecule has 0 radical (unpaired) electrons. The first-order valence-electron chi connectivity index (χ1n) is 7.72. The number of nitrogens with zero attached hydrogens (tertiary/aromatic N) is 1. The molecule has 3 aromatic rings. The Kier molecular flexibility index (Phi) is 3.67. The van der Waals surface area contributed by atoms with Gasteiger partial charge >= 0.3 is 0 Å². The molecule has 0 aliphatic carbocycles. The Hall–Kier alpha value is -2.50. The monoisotopic (exact) mass is 336 g/mol. The number of pyridine rings is 1. The minimum atomic E-state index is -3.26. The van der Waals surface area contributed by atoms with Crippen molar-refractivity contribution >= 4 is 10.0 Å². The molecule has 2 aromatic carbocycles. The van der Waals surface area contributed by atoms with Crippen LogP contribution in [0.1, 0.15) is 11.1 Å². The molecule has 0 atom stereocenters. The SMILES string of the molecule is O=S1(=O)Cc2c(cccc2-c2ccc(-c3ccccc3)cn2)CN1. The number of aromatic nitrogens is 1. The molecule has 0 saturated heterocycles. The zero-order valence-corrected chi connectivity index (χ0v) is 13.8. The fraction of sp³-hybridized carbons (Fsp3) is 0.105. The van der Waals surface area contributed by atoms with Crippen LogP contribution in [0.25, 0.3) is 22.4 Å². The van der Waals surface area contributed by atoms with E-state index in [0.29, 0.717) is 6.54 Å². The normalized spacial score (nSPS) is 15.7. The van der Waals surface area contributed by atoms with E-state index in [1.54, 1.807) is 0 Å². The number of hydrogen-bond acceptors (Lipinski definition) is 3. The zero-order chi connectivity index (χ0) is 16.6. The topological polar surface area (TPSA) is 59.1 Å². The second-order valence-electron chi connectivity index (χ2n) is 5.82. The highest BCUT2D eigenvalue weighted by molar-refractivity contribution is 7.88. The fourth-order valence-corrected chi connectivity index (χ4v) is 4.19. The molecule has 1 aromatic heterocycles. The van der Waals surface area contributed by atoms with Crippen molar-refractivity contribution in [1.29, 1.82) is 0 Å². The summed E-state index contributed by atoms with van der Waals surface area (Å²) in [5.74, 6) is 0.000618. The molecule has 120 valence electrons. The van der Waals surface area contributed by atoms with Gasteiger partial charge in [0.25, 0.3) is 0 Å². The lowest BCUT2D eigenvalue weighted by molar-refractivity contribution is 0.576. The lowest BCUT2D eigenvalue weighted by Crippen LogP contribution is -2.30. The van der Waals surface area contributed by atoms with E-state index >= 15 is 0 Å². The second-order valence-corrected chi connectivity index (χ2v) is 7.63. The Morgan fingerprint density at radius 3 is 2.46 bits per heavy atom. The van der Waals surface area contributed by atoms with E-state index in [4.69, 9.17) is 0 Å². The lowest BCUT2D eigenvalue weighted by Gasteiger charge is -2.20. The Labute approximate surface area is 141 Å². The summed E-state index contributed by atoms with van der Waals surface area (Å²) in [7, 11) is -3.26. The highest BCUT2D eigenvalue weighted by Crippen LogP contribution is 2.30. The summed E-state index contributed by atoms with van der Waals surface area (Å²) < 4.78 is 26.4. The van der Waals surface area contributed by atoms with E-state index in [1.165, 1.54) is 0 Å². The summed E-state index contributed by atoms with van der Waals surface area (Å²) >= 11 is 0. The average Bonchev–Trinajstić information content (AvgIpc) is 2.61. The molecule has 5 heteroatoms. The van der Waals surface area contributed by atoms with Gasteiger partial charge in [-0.3, -0.25) is 4.98 Å². The van der Waals surface area contributed by atoms with Gasteiger partial charge in [-0.25, -0.2) is 13.1 Å². The minimum Gasteiger partial charge on any atom is -0.256 e. The molecule has 0 spiro atoms. The number of hydrogen-bond donors (Lipinski definition) is 1. The van der Waals surface area contributed by atoms with Crippen molar-refractivity contribution < 1.29 is 8.42 Å². The Bertz CT molecular complexity index is 982. The van der Waals surface area contributed by atoms with Crippen LogP contribution in [-0.4, -0.2) is 13.4 Å². The van der Waals surface area contributed by atoms with Gasteiger partial charge in [-0.2, -0.15) is 0 Å². The van der Waals surface area contributed by atoms with Crippen molar-refractivity contribution in [3.05, 3.63) is 78.0 Å². The molecule has 24 heavy (non-hydrogen) atoms. The second kappa shape index (κ2) is 5.85. The Morgan fingerprint density at radius 1 is 0.875 bits per heavy atom. The standard InChI is InChI=1S/C19H16N2O2S/c22-24(23)13-18-16(12-21-24)7-4-8-17(18)19-10-9-15(11-20-19)14-5-2-1-3-6-14/h1-11,21H,12-13H2.